The lowest BCUT2D eigenvalue weighted by Crippen LogP contribution is -2.25. The van der Waals surface area contributed by atoms with Crippen LogP contribution in [0, 0.1) is 11.6 Å². The standard InChI is InChI=1S/C36H32F2N4O4/c1-20(35(43)44)21-5-3-6-22(15-21)36(2)13-4-7-24-18-40-32(45-24)11-9-26-25-12-14-39-30(25)17-29(38)33(26)46-23-8-10-28(37)27(16-23)34-41-19-31(36)42-34/h3,5-6,8,10,12,14-20,39H,4,7,9,11,13H2,1-2H3,(H,41,42)(H,43,44). The van der Waals surface area contributed by atoms with Crippen molar-refractivity contribution in [2.75, 3.05) is 0 Å². The highest BCUT2D eigenvalue weighted by Crippen LogP contribution is 2.40. The minimum atomic E-state index is -0.908. The Morgan fingerprint density at radius 2 is 1.89 bits per heavy atom. The van der Waals surface area contributed by atoms with E-state index in [1.165, 1.54) is 24.3 Å². The molecule has 0 saturated heterocycles. The van der Waals surface area contributed by atoms with Gasteiger partial charge in [0, 0.05) is 58.9 Å². The number of nitrogens with one attached hydrogen (secondary N) is 2. The molecule has 234 valence electrons. The zero-order valence-electron chi connectivity index (χ0n) is 25.4. The van der Waals surface area contributed by atoms with Crippen LogP contribution in [0.15, 0.2) is 77.6 Å². The van der Waals surface area contributed by atoms with Crippen LogP contribution in [0.5, 0.6) is 11.5 Å². The number of benzene rings is 3. The molecule has 4 heterocycles. The molecule has 10 heteroatoms. The largest absolute Gasteiger partial charge is 0.481 e. The predicted molar refractivity (Wildman–Crippen MR) is 168 cm³/mol. The number of aromatic nitrogens is 4. The number of oxazole rings is 1. The second-order valence-corrected chi connectivity index (χ2v) is 12.1. The lowest BCUT2D eigenvalue weighted by atomic mass is 9.74. The van der Waals surface area contributed by atoms with E-state index in [0.717, 1.165) is 22.4 Å². The molecule has 7 rings (SSSR count). The molecule has 0 saturated carbocycles. The maximum atomic E-state index is 15.5. The molecule has 3 aromatic heterocycles. The molecule has 0 spiro atoms. The Hall–Kier alpha value is -5.25. The molecule has 2 atom stereocenters. The van der Waals surface area contributed by atoms with E-state index in [-0.39, 0.29) is 17.1 Å². The minimum Gasteiger partial charge on any atom is -0.481 e. The molecule has 0 radical (unpaired) electrons. The smallest absolute Gasteiger partial charge is 0.310 e. The van der Waals surface area contributed by atoms with Gasteiger partial charge in [-0.2, -0.15) is 0 Å². The Morgan fingerprint density at radius 1 is 1.02 bits per heavy atom. The van der Waals surface area contributed by atoms with Crippen LogP contribution in [-0.2, 0) is 29.5 Å². The summed E-state index contributed by atoms with van der Waals surface area (Å²) in [4.78, 5) is 27.3. The Balaban J connectivity index is 1.35. The third-order valence-electron chi connectivity index (χ3n) is 9.13. The zero-order valence-corrected chi connectivity index (χ0v) is 25.4. The van der Waals surface area contributed by atoms with Crippen molar-refractivity contribution < 1.29 is 27.8 Å². The number of ether oxygens (including phenoxy) is 1. The number of fused-ring (bicyclic) bond motifs is 10. The normalized spacial score (nSPS) is 17.5. The van der Waals surface area contributed by atoms with Crippen LogP contribution in [0.3, 0.4) is 0 Å². The number of aromatic amines is 2. The van der Waals surface area contributed by atoms with Crippen LogP contribution in [0.25, 0.3) is 22.3 Å². The van der Waals surface area contributed by atoms with Gasteiger partial charge in [0.05, 0.1) is 17.7 Å². The van der Waals surface area contributed by atoms with Gasteiger partial charge in [0.1, 0.15) is 23.2 Å². The highest BCUT2D eigenvalue weighted by Gasteiger charge is 2.32. The third-order valence-corrected chi connectivity index (χ3v) is 9.13. The van der Waals surface area contributed by atoms with Crippen molar-refractivity contribution in [3.05, 3.63) is 119 Å². The summed E-state index contributed by atoms with van der Waals surface area (Å²) in [6.07, 6.45) is 7.98. The molecule has 0 amide bonds. The van der Waals surface area contributed by atoms with Gasteiger partial charge in [0.25, 0.3) is 0 Å². The molecule has 3 aromatic carbocycles. The monoisotopic (exact) mass is 622 g/mol. The van der Waals surface area contributed by atoms with Gasteiger partial charge in [0.2, 0.25) is 0 Å². The van der Waals surface area contributed by atoms with Crippen molar-refractivity contribution in [2.24, 2.45) is 0 Å². The summed E-state index contributed by atoms with van der Waals surface area (Å²) in [5, 5.41) is 10.5. The number of carbonyl (C=O) groups is 1. The van der Waals surface area contributed by atoms with E-state index in [4.69, 9.17) is 9.15 Å². The summed E-state index contributed by atoms with van der Waals surface area (Å²) in [6.45, 7) is 3.72. The van der Waals surface area contributed by atoms with Crippen molar-refractivity contribution in [1.82, 2.24) is 19.9 Å². The van der Waals surface area contributed by atoms with Crippen LogP contribution in [0.4, 0.5) is 8.78 Å². The molecule has 0 aliphatic carbocycles. The lowest BCUT2D eigenvalue weighted by molar-refractivity contribution is -0.138. The van der Waals surface area contributed by atoms with Gasteiger partial charge in [-0.05, 0) is 68.5 Å². The fraction of sp³-hybridized carbons (Fsp3) is 0.250. The molecule has 6 aromatic rings. The first-order valence-corrected chi connectivity index (χ1v) is 15.3. The van der Waals surface area contributed by atoms with Crippen molar-refractivity contribution >= 4 is 16.9 Å². The molecule has 6 bridgehead atoms. The SMILES string of the molecule is CC(C(=O)O)c1cccc(C2(C)CCCc3cnc(o3)CCc3c(c(F)cc4[nH]ccc34)Oc3ccc(F)c(c3)-c3ncc2[nH]3)c1. The summed E-state index contributed by atoms with van der Waals surface area (Å²) in [5.41, 5.74) is 3.16. The van der Waals surface area contributed by atoms with E-state index in [1.807, 2.05) is 30.3 Å². The van der Waals surface area contributed by atoms with Gasteiger partial charge in [-0.1, -0.05) is 24.3 Å². The average Bonchev–Trinajstić information content (AvgIpc) is 3.83. The number of carboxylic acids is 1. The summed E-state index contributed by atoms with van der Waals surface area (Å²) in [6, 6.07) is 15.1. The van der Waals surface area contributed by atoms with E-state index in [1.54, 1.807) is 25.5 Å². The third kappa shape index (κ3) is 5.33. The fourth-order valence-corrected chi connectivity index (χ4v) is 6.34. The Labute approximate surface area is 263 Å². The second kappa shape index (κ2) is 11.6. The minimum absolute atomic E-state index is 0.0562. The molecule has 3 N–H and O–H groups in total. The maximum Gasteiger partial charge on any atom is 0.310 e. The van der Waals surface area contributed by atoms with Gasteiger partial charge in [-0.15, -0.1) is 0 Å². The Kier molecular flexibility index (Phi) is 7.43. The molecular weight excluding hydrogens is 590 g/mol. The van der Waals surface area contributed by atoms with E-state index in [9.17, 15) is 9.90 Å². The Morgan fingerprint density at radius 3 is 2.74 bits per heavy atom. The predicted octanol–water partition coefficient (Wildman–Crippen LogP) is 8.23. The molecule has 0 fully saturated rings. The summed E-state index contributed by atoms with van der Waals surface area (Å²) in [5.74, 6) is -0.782. The molecule has 8 nitrogen and oxygen atoms in total. The summed E-state index contributed by atoms with van der Waals surface area (Å²) >= 11 is 0. The average molecular weight is 623 g/mol. The van der Waals surface area contributed by atoms with E-state index in [2.05, 4.69) is 26.9 Å². The first-order chi connectivity index (χ1) is 22.2. The van der Waals surface area contributed by atoms with E-state index >= 15 is 8.78 Å². The molecule has 46 heavy (non-hydrogen) atoms. The molecular formula is C36H32F2N4O4. The van der Waals surface area contributed by atoms with Gasteiger partial charge in [-0.3, -0.25) is 4.79 Å². The van der Waals surface area contributed by atoms with Gasteiger partial charge in [0.15, 0.2) is 17.5 Å². The van der Waals surface area contributed by atoms with Crippen LogP contribution in [0.2, 0.25) is 0 Å². The number of aliphatic carboxylic acids is 1. The number of hydrogen-bond donors (Lipinski definition) is 3. The number of H-pyrrole nitrogens is 2. The number of carboxylic acid groups (broad SMARTS) is 1. The second-order valence-electron chi connectivity index (χ2n) is 12.1. The van der Waals surface area contributed by atoms with Crippen LogP contribution in [-0.4, -0.2) is 31.0 Å². The van der Waals surface area contributed by atoms with Gasteiger partial charge < -0.3 is 24.2 Å². The van der Waals surface area contributed by atoms with Crippen molar-refractivity contribution in [1.29, 1.82) is 0 Å². The fourth-order valence-electron chi connectivity index (χ4n) is 6.34. The van der Waals surface area contributed by atoms with Crippen LogP contribution >= 0.6 is 0 Å². The number of rotatable bonds is 3. The molecule has 2 unspecified atom stereocenters. The zero-order chi connectivity index (χ0) is 32.0. The summed E-state index contributed by atoms with van der Waals surface area (Å²) < 4.78 is 43.2. The first-order valence-electron chi connectivity index (χ1n) is 15.3. The highest BCUT2D eigenvalue weighted by atomic mass is 19.1. The topological polar surface area (TPSA) is 117 Å². The van der Waals surface area contributed by atoms with E-state index < -0.39 is 28.9 Å². The van der Waals surface area contributed by atoms with Crippen LogP contribution in [0.1, 0.15) is 66.6 Å². The molecule has 1 aliphatic rings. The number of halogens is 2. The van der Waals surface area contributed by atoms with Crippen molar-refractivity contribution in [2.45, 2.75) is 57.3 Å². The Bertz CT molecular complexity index is 2080. The quantitative estimate of drug-likeness (QED) is 0.183. The van der Waals surface area contributed by atoms with E-state index in [0.29, 0.717) is 60.5 Å². The number of imidazole rings is 1. The van der Waals surface area contributed by atoms with Crippen molar-refractivity contribution in [3.8, 4) is 22.9 Å². The van der Waals surface area contributed by atoms with Gasteiger partial charge >= 0.3 is 5.97 Å². The first kappa shape index (κ1) is 29.5. The van der Waals surface area contributed by atoms with Crippen LogP contribution < -0.4 is 4.74 Å². The number of nitrogens with zero attached hydrogens (tertiary/aromatic N) is 2. The highest BCUT2D eigenvalue weighted by molar-refractivity contribution is 5.85. The lowest BCUT2D eigenvalue weighted by Gasteiger charge is -2.30. The summed E-state index contributed by atoms with van der Waals surface area (Å²) in [7, 11) is 0. The van der Waals surface area contributed by atoms with Crippen molar-refractivity contribution in [3.63, 3.8) is 0 Å². The maximum absolute atomic E-state index is 15.5. The molecule has 1 aliphatic heterocycles. The number of aryl methyl sites for hydroxylation is 3. The van der Waals surface area contributed by atoms with Gasteiger partial charge in [-0.25, -0.2) is 18.7 Å². The number of hydrogen-bond acceptors (Lipinski definition) is 5.